The molecule has 0 bridgehead atoms. The van der Waals surface area contributed by atoms with Crippen LogP contribution >= 0.6 is 11.6 Å². The van der Waals surface area contributed by atoms with Gasteiger partial charge >= 0.3 is 0 Å². The molecule has 1 fully saturated rings. The highest BCUT2D eigenvalue weighted by Crippen LogP contribution is 2.26. The van der Waals surface area contributed by atoms with Gasteiger partial charge in [0.25, 0.3) is 0 Å². The van der Waals surface area contributed by atoms with Crippen LogP contribution in [-0.2, 0) is 15.8 Å². The lowest BCUT2D eigenvalue weighted by Crippen LogP contribution is -2.40. The Morgan fingerprint density at radius 1 is 1.08 bits per heavy atom. The van der Waals surface area contributed by atoms with Crippen molar-refractivity contribution in [3.8, 4) is 0 Å². The monoisotopic (exact) mass is 391 g/mol. The van der Waals surface area contributed by atoms with Crippen molar-refractivity contribution in [2.45, 2.75) is 25.5 Å². The Balaban J connectivity index is 1.63. The van der Waals surface area contributed by atoms with Gasteiger partial charge in [-0.15, -0.1) is 0 Å². The third-order valence-corrected chi connectivity index (χ3v) is 7.05. The Labute approximate surface area is 159 Å². The average Bonchev–Trinajstić information content (AvgIpc) is 2.64. The molecule has 26 heavy (non-hydrogen) atoms. The normalized spacial score (nSPS) is 16.5. The maximum atomic E-state index is 12.7. The molecule has 6 heteroatoms. The van der Waals surface area contributed by atoms with Crippen LogP contribution in [0.1, 0.15) is 34.3 Å². The van der Waals surface area contributed by atoms with Crippen LogP contribution in [0.2, 0.25) is 5.02 Å². The summed E-state index contributed by atoms with van der Waals surface area (Å²) >= 11 is 6.09. The molecule has 0 spiro atoms. The van der Waals surface area contributed by atoms with Gasteiger partial charge in [-0.2, -0.15) is 0 Å². The van der Waals surface area contributed by atoms with Gasteiger partial charge in [-0.1, -0.05) is 59.6 Å². The van der Waals surface area contributed by atoms with Crippen LogP contribution in [0, 0.1) is 12.8 Å². The Morgan fingerprint density at radius 2 is 1.69 bits per heavy atom. The van der Waals surface area contributed by atoms with Crippen LogP contribution in [0.15, 0.2) is 48.5 Å². The zero-order valence-electron chi connectivity index (χ0n) is 14.7. The minimum atomic E-state index is -3.44. The molecule has 0 N–H and O–H groups in total. The van der Waals surface area contributed by atoms with Crippen molar-refractivity contribution in [1.82, 2.24) is 4.31 Å². The Morgan fingerprint density at radius 3 is 2.31 bits per heavy atom. The summed E-state index contributed by atoms with van der Waals surface area (Å²) in [5.41, 5.74) is 2.42. The zero-order chi connectivity index (χ0) is 18.7. The number of hydrogen-bond acceptors (Lipinski definition) is 3. The SMILES string of the molecule is Cc1ccc(C(=O)C2CCN(S(=O)(=O)Cc3ccccc3Cl)CC2)cc1. The van der Waals surface area contributed by atoms with Gasteiger partial charge in [-0.3, -0.25) is 4.79 Å². The first-order valence-corrected chi connectivity index (χ1v) is 10.7. The number of sulfonamides is 1. The maximum Gasteiger partial charge on any atom is 0.218 e. The number of rotatable bonds is 5. The van der Waals surface area contributed by atoms with Crippen LogP contribution in [0.5, 0.6) is 0 Å². The number of halogens is 1. The van der Waals surface area contributed by atoms with E-state index in [1.807, 2.05) is 31.2 Å². The predicted molar refractivity (Wildman–Crippen MR) is 104 cm³/mol. The van der Waals surface area contributed by atoms with E-state index >= 15 is 0 Å². The number of ketones is 1. The van der Waals surface area contributed by atoms with Crippen molar-refractivity contribution in [2.75, 3.05) is 13.1 Å². The fourth-order valence-electron chi connectivity index (χ4n) is 3.25. The number of carbonyl (C=O) groups is 1. The van der Waals surface area contributed by atoms with E-state index in [1.165, 1.54) is 4.31 Å². The highest BCUT2D eigenvalue weighted by molar-refractivity contribution is 7.88. The molecular formula is C20H22ClNO3S. The lowest BCUT2D eigenvalue weighted by molar-refractivity contribution is 0.0875. The average molecular weight is 392 g/mol. The molecule has 1 heterocycles. The van der Waals surface area contributed by atoms with E-state index in [0.717, 1.165) is 5.56 Å². The van der Waals surface area contributed by atoms with Crippen LogP contribution in [-0.4, -0.2) is 31.6 Å². The quantitative estimate of drug-likeness (QED) is 0.722. The third-order valence-electron chi connectivity index (χ3n) is 4.85. The molecule has 4 nitrogen and oxygen atoms in total. The van der Waals surface area contributed by atoms with Gasteiger partial charge in [0.1, 0.15) is 0 Å². The molecule has 0 atom stereocenters. The van der Waals surface area contributed by atoms with E-state index in [1.54, 1.807) is 24.3 Å². The van der Waals surface area contributed by atoms with Crippen molar-refractivity contribution in [3.05, 3.63) is 70.2 Å². The number of nitrogens with zero attached hydrogens (tertiary/aromatic N) is 1. The highest BCUT2D eigenvalue weighted by Gasteiger charge is 2.31. The second-order valence-corrected chi connectivity index (χ2v) is 9.13. The van der Waals surface area contributed by atoms with E-state index < -0.39 is 10.0 Å². The van der Waals surface area contributed by atoms with Gasteiger partial charge in [0.05, 0.1) is 5.75 Å². The maximum absolute atomic E-state index is 12.7. The number of piperidine rings is 1. The molecule has 0 radical (unpaired) electrons. The van der Waals surface area contributed by atoms with E-state index in [0.29, 0.717) is 42.1 Å². The third kappa shape index (κ3) is 4.34. The smallest absolute Gasteiger partial charge is 0.218 e. The molecule has 2 aromatic rings. The minimum absolute atomic E-state index is 0.105. The summed E-state index contributed by atoms with van der Waals surface area (Å²) < 4.78 is 26.8. The first-order valence-electron chi connectivity index (χ1n) is 8.69. The van der Waals surface area contributed by atoms with Gasteiger partial charge in [0, 0.05) is 29.6 Å². The van der Waals surface area contributed by atoms with Crippen LogP contribution in [0.4, 0.5) is 0 Å². The number of Topliss-reactive ketones (excluding diaryl/α,β-unsaturated/α-hetero) is 1. The molecule has 0 amide bonds. The summed E-state index contributed by atoms with van der Waals surface area (Å²) in [7, 11) is -3.44. The highest BCUT2D eigenvalue weighted by atomic mass is 35.5. The summed E-state index contributed by atoms with van der Waals surface area (Å²) in [6.07, 6.45) is 1.10. The minimum Gasteiger partial charge on any atom is -0.294 e. The van der Waals surface area contributed by atoms with Crippen molar-refractivity contribution < 1.29 is 13.2 Å². The fourth-order valence-corrected chi connectivity index (χ4v) is 5.13. The van der Waals surface area contributed by atoms with Crippen LogP contribution in [0.25, 0.3) is 0 Å². The second-order valence-electron chi connectivity index (χ2n) is 6.75. The molecule has 0 unspecified atom stereocenters. The lowest BCUT2D eigenvalue weighted by Gasteiger charge is -2.30. The van der Waals surface area contributed by atoms with Crippen LogP contribution in [0.3, 0.4) is 0 Å². The Kier molecular flexibility index (Phi) is 5.80. The van der Waals surface area contributed by atoms with Crippen molar-refractivity contribution in [2.24, 2.45) is 5.92 Å². The fraction of sp³-hybridized carbons (Fsp3) is 0.350. The topological polar surface area (TPSA) is 54.5 Å². The summed E-state index contributed by atoms with van der Waals surface area (Å²) in [5.74, 6) is -0.124. The molecule has 3 rings (SSSR count). The van der Waals surface area contributed by atoms with Crippen molar-refractivity contribution in [1.29, 1.82) is 0 Å². The molecule has 2 aromatic carbocycles. The molecule has 138 valence electrons. The number of benzene rings is 2. The second kappa shape index (κ2) is 7.91. The molecule has 0 aromatic heterocycles. The first kappa shape index (κ1) is 19.1. The van der Waals surface area contributed by atoms with Crippen molar-refractivity contribution >= 4 is 27.4 Å². The van der Waals surface area contributed by atoms with Gasteiger partial charge in [-0.05, 0) is 31.4 Å². The van der Waals surface area contributed by atoms with Gasteiger partial charge in [0.2, 0.25) is 10.0 Å². The summed E-state index contributed by atoms with van der Waals surface area (Å²) in [4.78, 5) is 12.6. The summed E-state index contributed by atoms with van der Waals surface area (Å²) in [6.45, 7) is 2.72. The lowest BCUT2D eigenvalue weighted by atomic mass is 9.89. The number of carbonyl (C=O) groups excluding carboxylic acids is 1. The number of hydrogen-bond donors (Lipinski definition) is 0. The zero-order valence-corrected chi connectivity index (χ0v) is 16.3. The Hall–Kier alpha value is -1.69. The van der Waals surface area contributed by atoms with Crippen LogP contribution < -0.4 is 0 Å². The standard InChI is InChI=1S/C20H22ClNO3S/c1-15-6-8-16(9-7-15)20(23)17-10-12-22(13-11-17)26(24,25)14-18-4-2-3-5-19(18)21/h2-9,17H,10-14H2,1H3. The predicted octanol–water partition coefficient (Wildman–Crippen LogP) is 4.07. The molecule has 1 saturated heterocycles. The van der Waals surface area contributed by atoms with E-state index in [4.69, 9.17) is 11.6 Å². The molecule has 1 aliphatic heterocycles. The summed E-state index contributed by atoms with van der Waals surface area (Å²) in [5, 5.41) is 0.459. The number of aryl methyl sites for hydroxylation is 1. The molecule has 0 aliphatic carbocycles. The summed E-state index contributed by atoms with van der Waals surface area (Å²) in [6, 6.07) is 14.5. The largest absolute Gasteiger partial charge is 0.294 e. The first-order chi connectivity index (χ1) is 12.4. The molecular weight excluding hydrogens is 370 g/mol. The van der Waals surface area contributed by atoms with Gasteiger partial charge < -0.3 is 0 Å². The van der Waals surface area contributed by atoms with Crippen molar-refractivity contribution in [3.63, 3.8) is 0 Å². The Bertz CT molecular complexity index is 886. The van der Waals surface area contributed by atoms with E-state index in [9.17, 15) is 13.2 Å². The van der Waals surface area contributed by atoms with Gasteiger partial charge in [-0.25, -0.2) is 12.7 Å². The van der Waals surface area contributed by atoms with Gasteiger partial charge in [0.15, 0.2) is 5.78 Å². The van der Waals surface area contributed by atoms with E-state index in [2.05, 4.69) is 0 Å². The molecule has 0 saturated carbocycles. The van der Waals surface area contributed by atoms with E-state index in [-0.39, 0.29) is 17.5 Å². The molecule has 1 aliphatic rings.